The first kappa shape index (κ1) is 49.7. The quantitative estimate of drug-likeness (QED) is 0.142. The number of rotatable bonds is 14. The summed E-state index contributed by atoms with van der Waals surface area (Å²) < 4.78 is 35.0. The van der Waals surface area contributed by atoms with Crippen molar-refractivity contribution in [2.45, 2.75) is 64.2 Å². The lowest BCUT2D eigenvalue weighted by Gasteiger charge is -2.38. The third kappa shape index (κ3) is 9.03. The SMILES string of the molecule is C/C=C/c1ccc2n(c1=O)C[C@H]1[C@H](CO)[C@@H](C(=O)NCc3ccc4c(c3)OCO4)[C@@H]2N1C(=O)COC.C/C=C\c1ccc2n(c1=O)C[C@H]1[C@H](CO)[C@@H](C(=O)NCc3ccc4c(c3)OCO4)[C@@H]2N1C(=O)COC. The van der Waals surface area contributed by atoms with Crippen molar-refractivity contribution in [1.82, 2.24) is 29.6 Å². The number of carbonyl (C=O) groups excluding carboxylic acids is 4. The van der Waals surface area contributed by atoms with Crippen LogP contribution in [-0.2, 0) is 54.8 Å². The van der Waals surface area contributed by atoms with Gasteiger partial charge in [0, 0.05) is 88.0 Å². The van der Waals surface area contributed by atoms with Crippen LogP contribution in [0.15, 0.2) is 82.4 Å². The minimum absolute atomic E-state index is 0.155. The van der Waals surface area contributed by atoms with Crippen LogP contribution in [0, 0.1) is 23.7 Å². The molecule has 0 unspecified atom stereocenters. The molecule has 6 aliphatic rings. The lowest BCUT2D eigenvalue weighted by Crippen LogP contribution is -2.50. The number of nitrogens with zero attached hydrogens (tertiary/aromatic N) is 4. The minimum Gasteiger partial charge on any atom is -0.454 e. The number of fused-ring (bicyclic) bond motifs is 10. The predicted molar refractivity (Wildman–Crippen MR) is 258 cm³/mol. The van der Waals surface area contributed by atoms with Crippen molar-refractivity contribution in [3.63, 3.8) is 0 Å². The van der Waals surface area contributed by atoms with Crippen LogP contribution in [0.25, 0.3) is 12.2 Å². The van der Waals surface area contributed by atoms with E-state index < -0.39 is 47.8 Å². The van der Waals surface area contributed by atoms with Gasteiger partial charge in [0.2, 0.25) is 37.2 Å². The summed E-state index contributed by atoms with van der Waals surface area (Å²) in [5.74, 6) is -1.19. The maximum atomic E-state index is 13.6. The average Bonchev–Trinajstić information content (AvgIpc) is 4.16. The largest absolute Gasteiger partial charge is 0.454 e. The van der Waals surface area contributed by atoms with Gasteiger partial charge in [0.15, 0.2) is 23.0 Å². The van der Waals surface area contributed by atoms with Crippen molar-refractivity contribution < 1.29 is 57.8 Å². The molecule has 20 nitrogen and oxygen atoms in total. The number of pyridine rings is 2. The lowest BCUT2D eigenvalue weighted by atomic mass is 9.86. The normalized spacial score (nSPS) is 23.7. The van der Waals surface area contributed by atoms with Gasteiger partial charge >= 0.3 is 0 Å². The molecule has 4 amide bonds. The predicted octanol–water partition coefficient (Wildman–Crippen LogP) is 2.13. The van der Waals surface area contributed by atoms with Crippen LogP contribution in [0.5, 0.6) is 23.0 Å². The van der Waals surface area contributed by atoms with Crippen molar-refractivity contribution in [1.29, 1.82) is 0 Å². The Balaban J connectivity index is 0.000000178. The van der Waals surface area contributed by atoms with Gasteiger partial charge in [-0.05, 0) is 73.5 Å². The van der Waals surface area contributed by atoms with E-state index in [0.29, 0.717) is 45.5 Å². The molecule has 0 radical (unpaired) electrons. The first-order chi connectivity index (χ1) is 35.0. The number of allylic oxidation sites excluding steroid dienone is 2. The Morgan fingerprint density at radius 1 is 0.611 bits per heavy atom. The zero-order valence-electron chi connectivity index (χ0n) is 40.4. The standard InChI is InChI=1S/2C26H29N3O7/c2*1-3-4-16-6-7-18-24-23(25(32)27-10-15-5-8-20-21(9-15)36-14-35-20)17(12-30)19(11-28(18)26(16)33)29(24)22(31)13-34-2/h2*3-9,17,19,23-24,30H,10-14H2,1-2H3,(H,27,32)/b4-3+;4-3-/t2*17-,19-,23+,24+/m00/s1. The van der Waals surface area contributed by atoms with E-state index in [-0.39, 0.29) is 101 Å². The van der Waals surface area contributed by atoms with Crippen LogP contribution in [0.1, 0.15) is 59.6 Å². The molecule has 2 fully saturated rings. The minimum atomic E-state index is -0.740. The molecular formula is C52H58N6O14. The molecule has 4 aromatic rings. The van der Waals surface area contributed by atoms with Crippen molar-refractivity contribution in [2.24, 2.45) is 23.7 Å². The van der Waals surface area contributed by atoms with Crippen molar-refractivity contribution in [2.75, 3.05) is 54.2 Å². The summed E-state index contributed by atoms with van der Waals surface area (Å²) in [5.41, 5.74) is 3.50. The average molecular weight is 991 g/mol. The van der Waals surface area contributed by atoms with E-state index in [9.17, 15) is 39.0 Å². The fourth-order valence-electron chi connectivity index (χ4n) is 11.3. The number of aliphatic hydroxyl groups is 2. The summed E-state index contributed by atoms with van der Waals surface area (Å²) in [4.78, 5) is 83.1. The highest BCUT2D eigenvalue weighted by atomic mass is 16.7. The molecule has 2 aromatic heterocycles. The number of aliphatic hydroxyl groups excluding tert-OH is 2. The molecular weight excluding hydrogens is 933 g/mol. The third-order valence-electron chi connectivity index (χ3n) is 14.4. The number of hydrogen-bond acceptors (Lipinski definition) is 14. The first-order valence-electron chi connectivity index (χ1n) is 23.8. The van der Waals surface area contributed by atoms with Gasteiger partial charge in [0.1, 0.15) is 13.2 Å². The molecule has 20 heteroatoms. The zero-order chi connectivity index (χ0) is 50.8. The van der Waals surface area contributed by atoms with Crippen molar-refractivity contribution in [3.8, 4) is 23.0 Å². The number of methoxy groups -OCH3 is 2. The van der Waals surface area contributed by atoms with Crippen LogP contribution in [-0.4, -0.2) is 119 Å². The van der Waals surface area contributed by atoms with Crippen LogP contribution in [0.2, 0.25) is 0 Å². The lowest BCUT2D eigenvalue weighted by molar-refractivity contribution is -0.141. The smallest absolute Gasteiger partial charge is 0.258 e. The molecule has 4 N–H and O–H groups in total. The zero-order valence-corrected chi connectivity index (χ0v) is 40.4. The Morgan fingerprint density at radius 3 is 1.39 bits per heavy atom. The van der Waals surface area contributed by atoms with Gasteiger partial charge in [0.25, 0.3) is 11.1 Å². The van der Waals surface area contributed by atoms with Gasteiger partial charge in [-0.15, -0.1) is 0 Å². The Hall–Kier alpha value is -7.26. The molecule has 0 aliphatic carbocycles. The van der Waals surface area contributed by atoms with Gasteiger partial charge < -0.3 is 68.2 Å². The number of nitrogens with one attached hydrogen (secondary N) is 2. The van der Waals surface area contributed by atoms with E-state index in [1.165, 1.54) is 14.2 Å². The second-order valence-electron chi connectivity index (χ2n) is 18.3. The summed E-state index contributed by atoms with van der Waals surface area (Å²) in [5, 5.41) is 26.7. The Bertz CT molecular complexity index is 2740. The Labute approximate surface area is 414 Å². The number of ether oxygens (including phenoxy) is 6. The third-order valence-corrected chi connectivity index (χ3v) is 14.4. The monoisotopic (exact) mass is 990 g/mol. The molecule has 4 bridgehead atoms. The van der Waals surface area contributed by atoms with Gasteiger partial charge in [-0.25, -0.2) is 0 Å². The van der Waals surface area contributed by atoms with Crippen molar-refractivity contribution >= 4 is 35.8 Å². The summed E-state index contributed by atoms with van der Waals surface area (Å²) in [7, 11) is 2.87. The summed E-state index contributed by atoms with van der Waals surface area (Å²) >= 11 is 0. The molecule has 2 saturated heterocycles. The van der Waals surface area contributed by atoms with E-state index in [2.05, 4.69) is 10.6 Å². The summed E-state index contributed by atoms with van der Waals surface area (Å²) in [6.07, 6.45) is 7.05. The van der Waals surface area contributed by atoms with Crippen LogP contribution >= 0.6 is 0 Å². The van der Waals surface area contributed by atoms with E-state index in [1.807, 2.05) is 38.1 Å². The number of amides is 4. The fourth-order valence-corrected chi connectivity index (χ4v) is 11.3. The van der Waals surface area contributed by atoms with E-state index in [4.69, 9.17) is 28.4 Å². The molecule has 2 aromatic carbocycles. The molecule has 8 heterocycles. The fraction of sp³-hybridized carbons (Fsp3) is 0.423. The van der Waals surface area contributed by atoms with Gasteiger partial charge in [0.05, 0.1) is 36.0 Å². The molecule has 0 saturated carbocycles. The molecule has 8 atom stereocenters. The topological polar surface area (TPSA) is 239 Å². The highest BCUT2D eigenvalue weighted by Gasteiger charge is 2.59. The maximum Gasteiger partial charge on any atom is 0.258 e. The summed E-state index contributed by atoms with van der Waals surface area (Å²) in [6, 6.07) is 15.5. The Kier molecular flexibility index (Phi) is 14.7. The van der Waals surface area contributed by atoms with Gasteiger partial charge in [-0.3, -0.25) is 28.8 Å². The molecule has 10 rings (SSSR count). The number of carbonyl (C=O) groups is 4. The summed E-state index contributed by atoms with van der Waals surface area (Å²) in [6.45, 7) is 3.95. The second kappa shape index (κ2) is 21.2. The van der Waals surface area contributed by atoms with Crippen molar-refractivity contribution in [3.05, 3.63) is 127 Å². The molecule has 380 valence electrons. The van der Waals surface area contributed by atoms with Gasteiger partial charge in [-0.1, -0.05) is 36.4 Å². The second-order valence-corrected chi connectivity index (χ2v) is 18.3. The maximum absolute atomic E-state index is 13.6. The number of aromatic nitrogens is 2. The van der Waals surface area contributed by atoms with E-state index in [1.54, 1.807) is 79.6 Å². The first-order valence-corrected chi connectivity index (χ1v) is 23.8. The Morgan fingerprint density at radius 2 is 1.01 bits per heavy atom. The van der Waals surface area contributed by atoms with Crippen LogP contribution in [0.4, 0.5) is 0 Å². The molecule has 72 heavy (non-hydrogen) atoms. The molecule has 6 aliphatic heterocycles. The highest BCUT2D eigenvalue weighted by Crippen LogP contribution is 2.50. The number of benzene rings is 2. The number of hydrogen-bond donors (Lipinski definition) is 4. The van der Waals surface area contributed by atoms with Crippen LogP contribution < -0.4 is 40.7 Å². The van der Waals surface area contributed by atoms with E-state index >= 15 is 0 Å². The van der Waals surface area contributed by atoms with E-state index in [0.717, 1.165) is 11.1 Å². The van der Waals surface area contributed by atoms with Gasteiger partial charge in [-0.2, -0.15) is 0 Å². The molecule has 0 spiro atoms. The van der Waals surface area contributed by atoms with Crippen LogP contribution in [0.3, 0.4) is 0 Å². The highest BCUT2D eigenvalue weighted by molar-refractivity contribution is 5.86.